The van der Waals surface area contributed by atoms with Gasteiger partial charge >= 0.3 is 0 Å². The summed E-state index contributed by atoms with van der Waals surface area (Å²) < 4.78 is 33.7. The largest absolute Gasteiger partial charge is 0.412 e. The van der Waals surface area contributed by atoms with Crippen LogP contribution in [0.15, 0.2) is 77.4 Å². The normalized spacial score (nSPS) is 14.1. The minimum Gasteiger partial charge on any atom is -0.412 e. The van der Waals surface area contributed by atoms with Gasteiger partial charge in [-0.15, -0.1) is 11.3 Å². The molecule has 3 aromatic heterocycles. The number of rotatable bonds is 8. The van der Waals surface area contributed by atoms with Gasteiger partial charge < -0.3 is 21.1 Å². The molecular formula is C29H29FN6O3S2. The summed E-state index contributed by atoms with van der Waals surface area (Å²) >= 11 is 1.29. The molecule has 0 aliphatic heterocycles. The van der Waals surface area contributed by atoms with Gasteiger partial charge in [0.25, 0.3) is 5.91 Å². The Morgan fingerprint density at radius 2 is 1.88 bits per heavy atom. The Bertz CT molecular complexity index is 1720. The van der Waals surface area contributed by atoms with Crippen molar-refractivity contribution in [2.75, 3.05) is 10.5 Å². The lowest BCUT2D eigenvalue weighted by Gasteiger charge is -2.12. The summed E-state index contributed by atoms with van der Waals surface area (Å²) in [6.07, 6.45) is 7.93. The molecule has 6 N–H and O–H groups in total. The van der Waals surface area contributed by atoms with E-state index in [4.69, 9.17) is 5.73 Å². The van der Waals surface area contributed by atoms with Gasteiger partial charge in [0.2, 0.25) is 0 Å². The van der Waals surface area contributed by atoms with E-state index in [2.05, 4.69) is 24.6 Å². The maximum Gasteiger partial charge on any atom is 0.251 e. The standard InChI is InChI=1S/C29H27FN6O2S2.H2O/c30-23-14-19(22-16-36(20-8-4-5-9-20)28-26(22)27(31)33-17-34-28)10-12-24(23)35-40(38)25-13-11-21(39-25)15-32-29(37)18-6-2-1-3-7-18;/h1-3,6-7,10-14,16-17,20,35H,4-5,8-9,15H2,(H,32,37)(H2,31,33,34);1H2. The van der Waals surface area contributed by atoms with E-state index in [-0.39, 0.29) is 17.1 Å². The van der Waals surface area contributed by atoms with Gasteiger partial charge in [0.15, 0.2) is 11.0 Å². The molecule has 1 saturated carbocycles. The highest BCUT2D eigenvalue weighted by Gasteiger charge is 2.23. The third kappa shape index (κ3) is 5.85. The molecule has 1 aliphatic rings. The number of thiophene rings is 1. The van der Waals surface area contributed by atoms with Gasteiger partial charge in [-0.05, 0) is 54.8 Å². The number of halogens is 1. The fourth-order valence-corrected chi connectivity index (χ4v) is 7.20. The average Bonchev–Trinajstić information content (AvgIpc) is 3.74. The smallest absolute Gasteiger partial charge is 0.251 e. The molecule has 9 nitrogen and oxygen atoms in total. The topological polar surface area (TPSA) is 146 Å². The lowest BCUT2D eigenvalue weighted by atomic mass is 10.1. The zero-order valence-corrected chi connectivity index (χ0v) is 23.6. The van der Waals surface area contributed by atoms with Crippen molar-refractivity contribution in [2.24, 2.45) is 0 Å². The number of carbonyl (C=O) groups excluding carboxylic acids is 1. The summed E-state index contributed by atoms with van der Waals surface area (Å²) in [7, 11) is -1.68. The number of anilines is 2. The molecule has 0 saturated heterocycles. The van der Waals surface area contributed by atoms with E-state index in [1.54, 1.807) is 48.5 Å². The minimum absolute atomic E-state index is 0. The van der Waals surface area contributed by atoms with Crippen LogP contribution in [-0.4, -0.2) is 30.1 Å². The van der Waals surface area contributed by atoms with Crippen LogP contribution in [0.2, 0.25) is 0 Å². The molecule has 1 unspecified atom stereocenters. The van der Waals surface area contributed by atoms with Gasteiger partial charge in [-0.3, -0.25) is 9.52 Å². The highest BCUT2D eigenvalue weighted by Crippen LogP contribution is 2.39. The van der Waals surface area contributed by atoms with E-state index in [0.717, 1.165) is 28.9 Å². The van der Waals surface area contributed by atoms with Gasteiger partial charge in [0.05, 0.1) is 17.6 Å². The second kappa shape index (κ2) is 12.2. The van der Waals surface area contributed by atoms with Gasteiger partial charge in [-0.25, -0.2) is 18.6 Å². The molecule has 0 bridgehead atoms. The van der Waals surface area contributed by atoms with Crippen LogP contribution in [0.1, 0.15) is 47.0 Å². The SMILES string of the molecule is Nc1ncnc2c1c(-c1ccc(NS(=O)c3ccc(CNC(=O)c4ccccc4)s3)c(F)c1)cn2C1CCCC1.O. The molecule has 12 heteroatoms. The first-order valence-electron chi connectivity index (χ1n) is 13.0. The van der Waals surface area contributed by atoms with Crippen LogP contribution in [0, 0.1) is 5.82 Å². The van der Waals surface area contributed by atoms with E-state index >= 15 is 4.39 Å². The number of amides is 1. The molecule has 1 aliphatic carbocycles. The third-order valence-electron chi connectivity index (χ3n) is 7.12. The van der Waals surface area contributed by atoms with Crippen molar-refractivity contribution in [3.63, 3.8) is 0 Å². The van der Waals surface area contributed by atoms with Crippen LogP contribution in [0.5, 0.6) is 0 Å². The van der Waals surface area contributed by atoms with Crippen LogP contribution >= 0.6 is 11.3 Å². The molecule has 3 heterocycles. The monoisotopic (exact) mass is 592 g/mol. The van der Waals surface area contributed by atoms with Crippen molar-refractivity contribution in [2.45, 2.75) is 42.5 Å². The summed E-state index contributed by atoms with van der Waals surface area (Å²) in [5, 5.41) is 3.57. The number of aromatic nitrogens is 3. The van der Waals surface area contributed by atoms with Crippen molar-refractivity contribution < 1.29 is 18.9 Å². The Morgan fingerprint density at radius 1 is 1.10 bits per heavy atom. The number of hydrogen-bond acceptors (Lipinski definition) is 6. The molecule has 1 amide bonds. The molecule has 0 spiro atoms. The molecular weight excluding hydrogens is 563 g/mol. The number of nitrogens with zero attached hydrogens (tertiary/aromatic N) is 3. The Hall–Kier alpha value is -4.13. The molecule has 1 atom stereocenters. The van der Waals surface area contributed by atoms with Gasteiger partial charge in [-0.1, -0.05) is 37.1 Å². The van der Waals surface area contributed by atoms with E-state index in [0.29, 0.717) is 39.1 Å². The lowest BCUT2D eigenvalue weighted by Crippen LogP contribution is -2.22. The summed E-state index contributed by atoms with van der Waals surface area (Å²) in [5.41, 5.74) is 9.11. The Kier molecular flexibility index (Phi) is 8.43. The third-order valence-corrected chi connectivity index (χ3v) is 9.61. The van der Waals surface area contributed by atoms with Crippen LogP contribution < -0.4 is 15.8 Å². The number of fused-ring (bicyclic) bond motifs is 1. The fourth-order valence-electron chi connectivity index (χ4n) is 5.12. The predicted molar refractivity (Wildman–Crippen MR) is 160 cm³/mol. The van der Waals surface area contributed by atoms with Crippen molar-refractivity contribution in [3.05, 3.63) is 89.4 Å². The van der Waals surface area contributed by atoms with E-state index in [1.807, 2.05) is 12.3 Å². The highest BCUT2D eigenvalue weighted by molar-refractivity contribution is 7.88. The van der Waals surface area contributed by atoms with Gasteiger partial charge in [0.1, 0.15) is 27.8 Å². The maximum atomic E-state index is 15.3. The summed E-state index contributed by atoms with van der Waals surface area (Å²) in [6, 6.07) is 17.6. The number of hydrogen-bond donors (Lipinski definition) is 3. The van der Waals surface area contributed by atoms with Crippen LogP contribution in [0.25, 0.3) is 22.2 Å². The molecule has 1 fully saturated rings. The van der Waals surface area contributed by atoms with Crippen molar-refractivity contribution in [3.8, 4) is 11.1 Å². The second-order valence-corrected chi connectivity index (χ2v) is 12.3. The van der Waals surface area contributed by atoms with Gasteiger partial charge in [-0.2, -0.15) is 0 Å². The number of nitrogen functional groups attached to an aromatic ring is 1. The van der Waals surface area contributed by atoms with Crippen molar-refractivity contribution in [1.29, 1.82) is 0 Å². The first-order valence-corrected chi connectivity index (χ1v) is 15.0. The lowest BCUT2D eigenvalue weighted by molar-refractivity contribution is 0.0951. The number of nitrogens with two attached hydrogens (primary N) is 1. The minimum atomic E-state index is -1.68. The van der Waals surface area contributed by atoms with Crippen LogP contribution in [-0.2, 0) is 17.5 Å². The summed E-state index contributed by atoms with van der Waals surface area (Å²) in [6.45, 7) is 0.306. The van der Waals surface area contributed by atoms with Crippen molar-refractivity contribution >= 4 is 50.8 Å². The summed E-state index contributed by atoms with van der Waals surface area (Å²) in [4.78, 5) is 21.8. The zero-order chi connectivity index (χ0) is 27.6. The fraction of sp³-hybridized carbons (Fsp3) is 0.207. The quantitative estimate of drug-likeness (QED) is 0.226. The molecule has 41 heavy (non-hydrogen) atoms. The van der Waals surface area contributed by atoms with Crippen molar-refractivity contribution in [1.82, 2.24) is 19.9 Å². The summed E-state index contributed by atoms with van der Waals surface area (Å²) in [5.74, 6) is -0.361. The second-order valence-electron chi connectivity index (χ2n) is 9.68. The zero-order valence-electron chi connectivity index (χ0n) is 22.0. The molecule has 5 aromatic rings. The maximum absolute atomic E-state index is 15.3. The predicted octanol–water partition coefficient (Wildman–Crippen LogP) is 5.24. The number of benzene rings is 2. The van der Waals surface area contributed by atoms with Crippen LogP contribution in [0.4, 0.5) is 15.9 Å². The van der Waals surface area contributed by atoms with Crippen LogP contribution in [0.3, 0.4) is 0 Å². The highest BCUT2D eigenvalue weighted by atomic mass is 32.2. The first kappa shape index (κ1) is 28.4. The molecule has 6 rings (SSSR count). The Balaban J connectivity index is 0.00000337. The first-order chi connectivity index (χ1) is 19.5. The van der Waals surface area contributed by atoms with E-state index in [1.165, 1.54) is 36.6 Å². The molecule has 2 aromatic carbocycles. The average molecular weight is 593 g/mol. The molecule has 0 radical (unpaired) electrons. The van der Waals surface area contributed by atoms with Gasteiger partial charge in [0, 0.05) is 28.2 Å². The Labute approximate surface area is 242 Å². The Morgan fingerprint density at radius 3 is 2.63 bits per heavy atom. The number of carbonyl (C=O) groups is 1. The number of nitrogens with one attached hydrogen (secondary N) is 2. The molecule has 212 valence electrons. The van der Waals surface area contributed by atoms with E-state index in [9.17, 15) is 9.00 Å². The van der Waals surface area contributed by atoms with E-state index < -0.39 is 16.8 Å².